The van der Waals surface area contributed by atoms with Gasteiger partial charge in [0.25, 0.3) is 16.3 Å². The number of carbonyl (C=O) groups is 2. The van der Waals surface area contributed by atoms with Crippen LogP contribution in [0.1, 0.15) is 49.7 Å². The van der Waals surface area contributed by atoms with Crippen molar-refractivity contribution in [3.05, 3.63) is 20.9 Å². The van der Waals surface area contributed by atoms with E-state index in [2.05, 4.69) is 4.74 Å². The van der Waals surface area contributed by atoms with Crippen LogP contribution in [0, 0.1) is 0 Å². The van der Waals surface area contributed by atoms with Crippen molar-refractivity contribution in [3.63, 3.8) is 0 Å². The first-order valence-electron chi connectivity index (χ1n) is 7.13. The van der Waals surface area contributed by atoms with Crippen LogP contribution in [0.4, 0.5) is 13.2 Å². The van der Waals surface area contributed by atoms with Crippen molar-refractivity contribution in [1.29, 1.82) is 0 Å². The Morgan fingerprint density at radius 3 is 2.22 bits per heavy atom. The van der Waals surface area contributed by atoms with Crippen molar-refractivity contribution in [2.45, 2.75) is 42.7 Å². The molecule has 1 aromatic rings. The van der Waals surface area contributed by atoms with Gasteiger partial charge in [-0.2, -0.15) is 13.2 Å². The molecule has 0 aromatic carbocycles. The molecule has 0 spiro atoms. The van der Waals surface area contributed by atoms with Crippen molar-refractivity contribution in [2.75, 3.05) is 7.11 Å². The summed E-state index contributed by atoms with van der Waals surface area (Å²) >= 11 is 0.276. The molecule has 1 aromatic heterocycles. The van der Waals surface area contributed by atoms with Crippen LogP contribution in [0.15, 0.2) is 0 Å². The Morgan fingerprint density at radius 1 is 1.22 bits per heavy atom. The van der Waals surface area contributed by atoms with Crippen molar-refractivity contribution >= 4 is 39.4 Å². The Labute approximate surface area is 143 Å². The number of aliphatic hydroxyl groups is 1. The molecule has 4 nitrogen and oxygen atoms in total. The van der Waals surface area contributed by atoms with E-state index in [1.165, 1.54) is 7.11 Å². The Kier molecular flexibility index (Phi) is 5.26. The molecule has 23 heavy (non-hydrogen) atoms. The van der Waals surface area contributed by atoms with Gasteiger partial charge in [0.1, 0.15) is 9.34 Å². The van der Waals surface area contributed by atoms with Gasteiger partial charge in [-0.15, -0.1) is 11.3 Å². The first-order valence-corrected chi connectivity index (χ1v) is 8.95. The van der Waals surface area contributed by atoms with Gasteiger partial charge in [-0.05, 0) is 36.8 Å². The van der Waals surface area contributed by atoms with E-state index in [1.807, 2.05) is 0 Å². The summed E-state index contributed by atoms with van der Waals surface area (Å²) in [5.41, 5.74) is 1.35. The van der Waals surface area contributed by atoms with E-state index in [1.54, 1.807) is 0 Å². The maximum atomic E-state index is 12.8. The first kappa shape index (κ1) is 18.5. The molecule has 0 amide bonds. The van der Waals surface area contributed by atoms with E-state index in [9.17, 15) is 27.9 Å². The van der Waals surface area contributed by atoms with Crippen molar-refractivity contribution in [1.82, 2.24) is 0 Å². The fraction of sp³-hybridized carbons (Fsp3) is 0.571. The molecule has 1 aliphatic carbocycles. The third-order valence-electron chi connectivity index (χ3n) is 3.96. The number of halogens is 3. The zero-order chi connectivity index (χ0) is 17.4. The molecule has 1 unspecified atom stereocenters. The van der Waals surface area contributed by atoms with Crippen LogP contribution < -0.4 is 0 Å². The molecule has 0 aliphatic heterocycles. The molecule has 126 valence electrons. The summed E-state index contributed by atoms with van der Waals surface area (Å²) < 4.78 is 40.1. The number of ether oxygens (including phenoxy) is 1. The maximum Gasteiger partial charge on any atom is 0.403 e. The molecule has 1 aliphatic rings. The quantitative estimate of drug-likeness (QED) is 0.503. The van der Waals surface area contributed by atoms with E-state index in [-0.39, 0.29) is 9.75 Å². The van der Waals surface area contributed by atoms with Crippen LogP contribution >= 0.6 is 11.3 Å². The summed E-state index contributed by atoms with van der Waals surface area (Å²) in [6.07, 6.45) is -3.01. The monoisotopic (exact) mass is 364 g/mol. The highest BCUT2D eigenvalue weighted by atomic mass is 32.1. The molecule has 0 bridgehead atoms. The highest BCUT2D eigenvalue weighted by Gasteiger charge is 2.50. The number of Topliss-reactive ketones (excluding diaryl/α,β-unsaturated/α-hetero) is 1. The fourth-order valence-electron chi connectivity index (χ4n) is 2.61. The largest absolute Gasteiger partial charge is 0.465 e. The number of carbonyl (C=O) groups excluding carboxylic acids is 2. The number of fused-ring (bicyclic) bond motifs is 1. The van der Waals surface area contributed by atoms with E-state index < -0.39 is 45.1 Å². The standard InChI is InChI=1S/C14H14F3O4S.Al.2H/c1-21-13(20)12-8-5-3-2-4-7(8)11(22-12)9(18)6-10(19)14(15,16)17;;;/h19H,2-6H2,1H3;;;. The number of esters is 1. The van der Waals surface area contributed by atoms with Crippen LogP contribution in [0.25, 0.3) is 0 Å². The minimum absolute atomic E-state index is 0.152. The molecule has 0 radical (unpaired) electrons. The van der Waals surface area contributed by atoms with Crippen LogP contribution in [-0.4, -0.2) is 50.9 Å². The van der Waals surface area contributed by atoms with Crippen molar-refractivity contribution < 1.29 is 32.6 Å². The molecule has 0 saturated heterocycles. The lowest BCUT2D eigenvalue weighted by Crippen LogP contribution is -2.47. The zero-order valence-corrected chi connectivity index (χ0v) is 15.6. The average Bonchev–Trinajstić information content (AvgIpc) is 2.84. The predicted molar refractivity (Wildman–Crippen MR) is 80.8 cm³/mol. The van der Waals surface area contributed by atoms with Crippen LogP contribution in [-0.2, 0) is 17.6 Å². The van der Waals surface area contributed by atoms with Gasteiger partial charge in [0.15, 0.2) is 5.78 Å². The van der Waals surface area contributed by atoms with Gasteiger partial charge in [-0.3, -0.25) is 4.79 Å². The molecule has 2 rings (SSSR count). The highest BCUT2D eigenvalue weighted by molar-refractivity contribution is 7.16. The van der Waals surface area contributed by atoms with Crippen molar-refractivity contribution in [3.8, 4) is 0 Å². The summed E-state index contributed by atoms with van der Waals surface area (Å²) in [6, 6.07) is 0. The summed E-state index contributed by atoms with van der Waals surface area (Å²) in [5.74, 6) is -1.35. The second kappa shape index (κ2) is 6.55. The number of alkyl halides is 3. The normalized spacial score (nSPS) is 17.3. The second-order valence-electron chi connectivity index (χ2n) is 5.79. The van der Waals surface area contributed by atoms with E-state index in [0.29, 0.717) is 24.0 Å². The summed E-state index contributed by atoms with van der Waals surface area (Å²) in [6.45, 7) is 0. The van der Waals surface area contributed by atoms with Crippen molar-refractivity contribution in [2.24, 2.45) is 0 Å². The molecule has 0 saturated carbocycles. The first-order chi connectivity index (χ1) is 10.6. The van der Waals surface area contributed by atoms with Gasteiger partial charge in [0, 0.05) is 6.42 Å². The number of hydrogen-bond donors (Lipinski definition) is 1. The van der Waals surface area contributed by atoms with Gasteiger partial charge in [0.05, 0.1) is 12.0 Å². The van der Waals surface area contributed by atoms with E-state index in [4.69, 9.17) is 0 Å². The number of methoxy groups -OCH3 is 1. The molecular formula is C14H16AlF3O4S. The van der Waals surface area contributed by atoms with Gasteiger partial charge in [-0.1, -0.05) is 0 Å². The molecular weight excluding hydrogens is 348 g/mol. The minimum Gasteiger partial charge on any atom is -0.465 e. The smallest absolute Gasteiger partial charge is 0.403 e. The lowest BCUT2D eigenvalue weighted by molar-refractivity contribution is -0.222. The minimum atomic E-state index is -4.84. The Hall–Kier alpha value is -0.878. The Morgan fingerprint density at radius 2 is 1.74 bits per heavy atom. The second-order valence-corrected chi connectivity index (χ2v) is 8.46. The lowest BCUT2D eigenvalue weighted by atomic mass is 9.90. The highest BCUT2D eigenvalue weighted by Crippen LogP contribution is 2.38. The van der Waals surface area contributed by atoms with Gasteiger partial charge in [-0.25, -0.2) is 4.79 Å². The molecule has 9 heteroatoms. The van der Waals surface area contributed by atoms with Crippen LogP contribution in [0.5, 0.6) is 0 Å². The number of ketones is 1. The van der Waals surface area contributed by atoms with Gasteiger partial charge >= 0.3 is 12.1 Å². The van der Waals surface area contributed by atoms with Crippen LogP contribution in [0.2, 0.25) is 0 Å². The average molecular weight is 364 g/mol. The summed E-state index contributed by atoms with van der Waals surface area (Å²) in [7, 11) is 1.22. The van der Waals surface area contributed by atoms with Gasteiger partial charge < -0.3 is 9.84 Å². The SMILES string of the molecule is COC(=O)c1sc(C(=O)C[C](O)([AlH2])C(F)(F)F)c2c1CCCC2. The third-order valence-corrected chi connectivity index (χ3v) is 6.18. The van der Waals surface area contributed by atoms with E-state index in [0.717, 1.165) is 24.2 Å². The molecule has 0 fully saturated rings. The van der Waals surface area contributed by atoms with Gasteiger partial charge in [0.2, 0.25) is 0 Å². The maximum absolute atomic E-state index is 12.8. The third kappa shape index (κ3) is 3.63. The summed E-state index contributed by atoms with van der Waals surface area (Å²) in [5, 5.41) is 9.58. The Bertz CT molecular complexity index is 637. The zero-order valence-electron chi connectivity index (χ0n) is 12.7. The van der Waals surface area contributed by atoms with Crippen LogP contribution in [0.3, 0.4) is 0 Å². The topological polar surface area (TPSA) is 63.6 Å². The fourth-order valence-corrected chi connectivity index (χ4v) is 4.18. The number of hydrogen-bond acceptors (Lipinski definition) is 5. The summed E-state index contributed by atoms with van der Waals surface area (Å²) in [4.78, 5) is 24.6. The number of rotatable bonds is 4. The predicted octanol–water partition coefficient (Wildman–Crippen LogP) is 1.87. The molecule has 1 N–H and O–H groups in total. The van der Waals surface area contributed by atoms with E-state index >= 15 is 0 Å². The lowest BCUT2D eigenvalue weighted by Gasteiger charge is -2.26. The molecule has 1 heterocycles. The number of thiophene rings is 1. The molecule has 1 atom stereocenters. The Balaban J connectivity index is 2.38.